The lowest BCUT2D eigenvalue weighted by Gasteiger charge is -2.22. The normalized spacial score (nSPS) is 14.6. The van der Waals surface area contributed by atoms with Gasteiger partial charge in [0.2, 0.25) is 0 Å². The molecule has 1 atom stereocenters. The number of nitrogens with zero attached hydrogens (tertiary/aromatic N) is 2. The van der Waals surface area contributed by atoms with E-state index in [1.54, 1.807) is 0 Å². The maximum absolute atomic E-state index is 4.23. The number of rotatable bonds is 7. The molecule has 0 spiro atoms. The first-order valence-corrected chi connectivity index (χ1v) is 9.89. The van der Waals surface area contributed by atoms with E-state index in [1.807, 2.05) is 0 Å². The van der Waals surface area contributed by atoms with E-state index in [9.17, 15) is 0 Å². The maximum atomic E-state index is 4.23. The molecule has 0 fully saturated rings. The van der Waals surface area contributed by atoms with Crippen LogP contribution in [0.5, 0.6) is 0 Å². The molecule has 27 heavy (non-hydrogen) atoms. The lowest BCUT2D eigenvalue weighted by molar-refractivity contribution is 0.504. The van der Waals surface area contributed by atoms with Gasteiger partial charge in [0.05, 0.1) is 11.4 Å². The van der Waals surface area contributed by atoms with E-state index in [1.165, 1.54) is 22.3 Å². The van der Waals surface area contributed by atoms with Gasteiger partial charge in [0.15, 0.2) is 0 Å². The fourth-order valence-corrected chi connectivity index (χ4v) is 2.54. The van der Waals surface area contributed by atoms with Gasteiger partial charge in [-0.15, -0.1) is 0 Å². The van der Waals surface area contributed by atoms with Crippen molar-refractivity contribution in [1.29, 1.82) is 0 Å². The quantitative estimate of drug-likeness (QED) is 0.359. The molecule has 0 radical (unpaired) electrons. The second-order valence-corrected chi connectivity index (χ2v) is 8.51. The first-order chi connectivity index (χ1) is 12.5. The van der Waals surface area contributed by atoms with Crippen LogP contribution in [-0.4, -0.2) is 13.3 Å². The minimum Gasteiger partial charge on any atom is -0.347 e. The smallest absolute Gasteiger partial charge is 0.0861 e. The second-order valence-electron chi connectivity index (χ2n) is 8.51. The molecule has 1 aromatic carbocycles. The zero-order valence-electron chi connectivity index (χ0n) is 18.9. The van der Waals surface area contributed by atoms with Gasteiger partial charge in [-0.1, -0.05) is 57.1 Å². The van der Waals surface area contributed by atoms with E-state index < -0.39 is 0 Å². The maximum Gasteiger partial charge on any atom is 0.0861 e. The Kier molecular flexibility index (Phi) is 8.27. The van der Waals surface area contributed by atoms with Gasteiger partial charge in [-0.05, 0) is 75.9 Å². The highest BCUT2D eigenvalue weighted by molar-refractivity contribution is 5.72. The van der Waals surface area contributed by atoms with Crippen LogP contribution < -0.4 is 4.90 Å². The number of aryl methyl sites for hydroxylation is 2. The zero-order chi connectivity index (χ0) is 20.8. The Morgan fingerprint density at radius 3 is 2.26 bits per heavy atom. The largest absolute Gasteiger partial charge is 0.347 e. The molecule has 1 rings (SSSR count). The summed E-state index contributed by atoms with van der Waals surface area (Å²) in [7, 11) is 0. The van der Waals surface area contributed by atoms with E-state index >= 15 is 0 Å². The Morgan fingerprint density at radius 2 is 1.74 bits per heavy atom. The van der Waals surface area contributed by atoms with Gasteiger partial charge >= 0.3 is 0 Å². The van der Waals surface area contributed by atoms with E-state index in [0.717, 1.165) is 17.9 Å². The predicted octanol–water partition coefficient (Wildman–Crippen LogP) is 7.55. The summed E-state index contributed by atoms with van der Waals surface area (Å²) in [6.45, 7) is 24.4. The number of anilines is 1. The first kappa shape index (κ1) is 23.0. The number of hydrogen-bond acceptors (Lipinski definition) is 2. The zero-order valence-corrected chi connectivity index (χ0v) is 18.9. The molecule has 0 saturated heterocycles. The summed E-state index contributed by atoms with van der Waals surface area (Å²) in [5.41, 5.74) is 7.53. The van der Waals surface area contributed by atoms with Crippen LogP contribution in [-0.2, 0) is 0 Å². The van der Waals surface area contributed by atoms with Crippen molar-refractivity contribution in [3.05, 3.63) is 58.8 Å². The van der Waals surface area contributed by atoms with Crippen molar-refractivity contribution in [2.24, 2.45) is 16.3 Å². The number of benzene rings is 1. The predicted molar refractivity (Wildman–Crippen MR) is 123 cm³/mol. The first-order valence-electron chi connectivity index (χ1n) is 9.89. The average Bonchev–Trinajstić information content (AvgIpc) is 2.61. The summed E-state index contributed by atoms with van der Waals surface area (Å²) >= 11 is 0. The van der Waals surface area contributed by atoms with Crippen LogP contribution in [0.25, 0.3) is 0 Å². The molecule has 2 nitrogen and oxygen atoms in total. The van der Waals surface area contributed by atoms with Crippen molar-refractivity contribution >= 4 is 18.1 Å². The summed E-state index contributed by atoms with van der Waals surface area (Å²) in [6.07, 6.45) is 8.94. The fraction of sp³-hybridized carbons (Fsp3) is 0.480. The summed E-state index contributed by atoms with van der Waals surface area (Å²) in [6, 6.07) is 4.32. The highest BCUT2D eigenvalue weighted by atomic mass is 15.1. The van der Waals surface area contributed by atoms with Crippen LogP contribution >= 0.6 is 0 Å². The van der Waals surface area contributed by atoms with Crippen LogP contribution in [0.3, 0.4) is 0 Å². The van der Waals surface area contributed by atoms with E-state index in [-0.39, 0.29) is 5.41 Å². The van der Waals surface area contributed by atoms with Crippen molar-refractivity contribution in [2.45, 2.75) is 62.3 Å². The number of aliphatic imine (C=N–C) groups is 1. The van der Waals surface area contributed by atoms with Crippen molar-refractivity contribution in [3.8, 4) is 0 Å². The Bertz CT molecular complexity index is 742. The molecular weight excluding hydrogens is 328 g/mol. The van der Waals surface area contributed by atoms with Crippen LogP contribution in [0.2, 0.25) is 0 Å². The Labute approximate surface area is 167 Å². The molecule has 0 amide bonds. The van der Waals surface area contributed by atoms with Crippen molar-refractivity contribution in [2.75, 3.05) is 11.4 Å². The van der Waals surface area contributed by atoms with E-state index in [0.29, 0.717) is 5.92 Å². The van der Waals surface area contributed by atoms with Crippen molar-refractivity contribution < 1.29 is 0 Å². The average molecular weight is 367 g/mol. The molecule has 0 aliphatic rings. The number of hydrogen-bond donors (Lipinski definition) is 0. The monoisotopic (exact) mass is 366 g/mol. The second kappa shape index (κ2) is 9.73. The molecule has 1 unspecified atom stereocenters. The highest BCUT2D eigenvalue weighted by Gasteiger charge is 2.12. The minimum absolute atomic E-state index is 0.215. The summed E-state index contributed by atoms with van der Waals surface area (Å²) < 4.78 is 0. The molecule has 0 aliphatic heterocycles. The van der Waals surface area contributed by atoms with Gasteiger partial charge < -0.3 is 4.90 Å². The Hall–Kier alpha value is -2.09. The third-order valence-electron chi connectivity index (χ3n) is 5.46. The highest BCUT2D eigenvalue weighted by Crippen LogP contribution is 2.32. The van der Waals surface area contributed by atoms with Crippen LogP contribution in [0.15, 0.2) is 52.7 Å². The number of allylic oxidation sites excluding steroid dienone is 5. The minimum atomic E-state index is 0.215. The van der Waals surface area contributed by atoms with Crippen LogP contribution in [0.1, 0.15) is 59.6 Å². The van der Waals surface area contributed by atoms with Gasteiger partial charge in [-0.3, -0.25) is 4.99 Å². The molecule has 0 aromatic heterocycles. The molecule has 0 aliphatic carbocycles. The Morgan fingerprint density at radius 1 is 1.15 bits per heavy atom. The summed E-state index contributed by atoms with van der Waals surface area (Å²) in [5.74, 6) is 0.370. The molecular formula is C25H38N2. The molecule has 0 N–H and O–H groups in total. The van der Waals surface area contributed by atoms with Gasteiger partial charge in [0.1, 0.15) is 0 Å². The van der Waals surface area contributed by atoms with Crippen LogP contribution in [0.4, 0.5) is 11.4 Å². The third-order valence-corrected chi connectivity index (χ3v) is 5.46. The van der Waals surface area contributed by atoms with E-state index in [4.69, 9.17) is 0 Å². The standard InChI is InChI=1S/C25H38N2/c1-11-27(24-17-21(5)20(4)16-23(24)26-10)15-14-19(3)18(2)12-13-22(6)25(7,8)9/h12-17,19H,10-11H2,1-9H3/b15-14-,18-12-,22-13+. The topological polar surface area (TPSA) is 15.6 Å². The van der Waals surface area contributed by atoms with Gasteiger partial charge in [-0.2, -0.15) is 0 Å². The van der Waals surface area contributed by atoms with Crippen molar-refractivity contribution in [1.82, 2.24) is 0 Å². The molecule has 148 valence electrons. The van der Waals surface area contributed by atoms with Gasteiger partial charge in [-0.25, -0.2) is 0 Å². The van der Waals surface area contributed by atoms with Gasteiger partial charge in [0, 0.05) is 12.7 Å². The molecule has 1 aromatic rings. The SMILES string of the molecule is C=Nc1cc(C)c(C)cc1N(/C=C\C(C)/C(C)=C\C=C(/C)C(C)(C)C)CC. The Balaban J connectivity index is 3.05. The summed E-state index contributed by atoms with van der Waals surface area (Å²) in [5, 5.41) is 0. The molecule has 2 heteroatoms. The fourth-order valence-electron chi connectivity index (χ4n) is 2.54. The lowest BCUT2D eigenvalue weighted by Crippen LogP contribution is -2.16. The molecule has 0 bridgehead atoms. The van der Waals surface area contributed by atoms with Gasteiger partial charge in [0.25, 0.3) is 0 Å². The van der Waals surface area contributed by atoms with E-state index in [2.05, 4.69) is 115 Å². The third kappa shape index (κ3) is 6.53. The van der Waals surface area contributed by atoms with Crippen molar-refractivity contribution in [3.63, 3.8) is 0 Å². The molecule has 0 saturated carbocycles. The summed E-state index contributed by atoms with van der Waals surface area (Å²) in [4.78, 5) is 6.48. The lowest BCUT2D eigenvalue weighted by atomic mass is 9.87. The van der Waals surface area contributed by atoms with Crippen LogP contribution in [0, 0.1) is 25.2 Å². The molecule has 0 heterocycles.